The molecule has 0 heterocycles. The van der Waals surface area contributed by atoms with Crippen LogP contribution in [0.15, 0.2) is 36.5 Å². The molecule has 1 amide bonds. The average molecular weight is 1060 g/mol. The van der Waals surface area contributed by atoms with Crippen LogP contribution in [0.4, 0.5) is 0 Å². The first-order valence-electron chi connectivity index (χ1n) is 33.3. The summed E-state index contributed by atoms with van der Waals surface area (Å²) in [5.74, 6) is -0.125. The second-order valence-corrected chi connectivity index (χ2v) is 23.0. The highest BCUT2D eigenvalue weighted by Crippen LogP contribution is 2.18. The highest BCUT2D eigenvalue weighted by Gasteiger charge is 2.18. The van der Waals surface area contributed by atoms with Gasteiger partial charge in [0.25, 0.3) is 0 Å². The van der Waals surface area contributed by atoms with Crippen LogP contribution in [-0.2, 0) is 14.3 Å². The Morgan fingerprint density at radius 1 is 0.400 bits per heavy atom. The van der Waals surface area contributed by atoms with Gasteiger partial charge < -0.3 is 25.4 Å². The van der Waals surface area contributed by atoms with Crippen molar-refractivity contribution in [2.45, 2.75) is 372 Å². The Hall–Kier alpha value is -1.96. The summed E-state index contributed by atoms with van der Waals surface area (Å²) < 4.78 is 5.48. The fourth-order valence-electron chi connectivity index (χ4n) is 10.3. The van der Waals surface area contributed by atoms with Gasteiger partial charge in [-0.05, 0) is 57.8 Å². The molecule has 75 heavy (non-hydrogen) atoms. The van der Waals surface area contributed by atoms with Gasteiger partial charge in [-0.15, -0.1) is 0 Å². The first kappa shape index (κ1) is 73.0. The topological polar surface area (TPSA) is 116 Å². The summed E-state index contributed by atoms with van der Waals surface area (Å²) in [5, 5.41) is 33.4. The lowest BCUT2D eigenvalue weighted by molar-refractivity contribution is -0.143. The molecule has 3 unspecified atom stereocenters. The van der Waals surface area contributed by atoms with Crippen LogP contribution in [0.3, 0.4) is 0 Å². The molecular weight excluding hydrogens is 927 g/mol. The maximum absolute atomic E-state index is 12.5. The molecule has 4 N–H and O–H groups in total. The minimum Gasteiger partial charge on any atom is -0.466 e. The number of rotatable bonds is 62. The number of allylic oxidation sites excluding steroid dienone is 4. The third kappa shape index (κ3) is 59.5. The van der Waals surface area contributed by atoms with Gasteiger partial charge in [-0.2, -0.15) is 0 Å². The van der Waals surface area contributed by atoms with E-state index in [1.807, 2.05) is 0 Å². The van der Waals surface area contributed by atoms with Crippen molar-refractivity contribution in [3.8, 4) is 0 Å². The van der Waals surface area contributed by atoms with Crippen LogP contribution in [0, 0.1) is 0 Å². The van der Waals surface area contributed by atoms with Crippen molar-refractivity contribution in [1.82, 2.24) is 5.32 Å². The van der Waals surface area contributed by atoms with Gasteiger partial charge in [0.15, 0.2) is 0 Å². The number of ether oxygens (including phenoxy) is 1. The monoisotopic (exact) mass is 1060 g/mol. The van der Waals surface area contributed by atoms with E-state index in [0.29, 0.717) is 25.9 Å². The van der Waals surface area contributed by atoms with E-state index < -0.39 is 18.2 Å². The summed E-state index contributed by atoms with van der Waals surface area (Å²) in [6, 6.07) is -0.747. The quantitative estimate of drug-likeness (QED) is 0.0274. The van der Waals surface area contributed by atoms with Crippen molar-refractivity contribution >= 4 is 11.9 Å². The Bertz CT molecular complexity index is 1230. The minimum absolute atomic E-state index is 0.00271. The molecule has 7 nitrogen and oxygen atoms in total. The van der Waals surface area contributed by atoms with Crippen LogP contribution in [0.25, 0.3) is 0 Å². The zero-order valence-corrected chi connectivity index (χ0v) is 50.2. The molecule has 0 aliphatic carbocycles. The van der Waals surface area contributed by atoms with Crippen molar-refractivity contribution in [3.63, 3.8) is 0 Å². The van der Waals surface area contributed by atoms with Gasteiger partial charge in [-0.1, -0.05) is 320 Å². The van der Waals surface area contributed by atoms with Gasteiger partial charge in [0, 0.05) is 12.8 Å². The van der Waals surface area contributed by atoms with Crippen LogP contribution >= 0.6 is 0 Å². The zero-order valence-electron chi connectivity index (χ0n) is 50.2. The molecule has 0 aromatic rings. The van der Waals surface area contributed by atoms with E-state index in [0.717, 1.165) is 57.8 Å². The molecule has 0 aliphatic heterocycles. The molecular formula is C68H129NO6. The molecule has 442 valence electrons. The van der Waals surface area contributed by atoms with Gasteiger partial charge in [-0.25, -0.2) is 0 Å². The first-order valence-corrected chi connectivity index (χ1v) is 33.3. The van der Waals surface area contributed by atoms with Crippen molar-refractivity contribution in [2.24, 2.45) is 0 Å². The molecule has 0 saturated heterocycles. The first-order chi connectivity index (χ1) is 36.9. The highest BCUT2D eigenvalue weighted by atomic mass is 16.5. The Morgan fingerprint density at radius 2 is 0.733 bits per heavy atom. The van der Waals surface area contributed by atoms with Gasteiger partial charge in [0.05, 0.1) is 31.5 Å². The molecule has 0 aliphatic rings. The summed E-state index contributed by atoms with van der Waals surface area (Å²) >= 11 is 0. The van der Waals surface area contributed by atoms with E-state index in [-0.39, 0.29) is 18.5 Å². The van der Waals surface area contributed by atoms with Gasteiger partial charge in [0.1, 0.15) is 0 Å². The standard InChI is InChI=1S/C68H129NO6/c1-3-5-7-9-11-13-15-16-32-36-39-43-47-51-55-59-68(74)75-62-56-52-48-44-40-37-34-31-29-27-25-23-21-19-17-18-20-22-24-26-28-30-33-35-38-42-46-50-54-58-67(73)69-65(63-70)66(72)61-60-64(71)57-53-49-45-41-14-12-10-8-6-4-2/h11,13,16,32,60-61,64-66,70-72H,3-10,12,14-15,17-31,33-59,62-63H2,1-2H3,(H,69,73)/b13-11-,32-16-,61-60+. The highest BCUT2D eigenvalue weighted by molar-refractivity contribution is 5.76. The molecule has 0 aromatic heterocycles. The van der Waals surface area contributed by atoms with Crippen molar-refractivity contribution in [2.75, 3.05) is 13.2 Å². The zero-order chi connectivity index (χ0) is 54.4. The van der Waals surface area contributed by atoms with Gasteiger partial charge >= 0.3 is 5.97 Å². The van der Waals surface area contributed by atoms with E-state index in [1.54, 1.807) is 6.08 Å². The minimum atomic E-state index is -1.02. The van der Waals surface area contributed by atoms with Crippen molar-refractivity contribution in [1.29, 1.82) is 0 Å². The number of aliphatic hydroxyl groups excluding tert-OH is 3. The lowest BCUT2D eigenvalue weighted by atomic mass is 10.0. The summed E-state index contributed by atoms with van der Waals surface area (Å²) in [6.45, 7) is 4.78. The summed E-state index contributed by atoms with van der Waals surface area (Å²) in [4.78, 5) is 24.5. The Labute approximate surface area is 466 Å². The van der Waals surface area contributed by atoms with E-state index in [9.17, 15) is 24.9 Å². The Kier molecular flexibility index (Phi) is 61.2. The molecule has 0 spiro atoms. The fourth-order valence-corrected chi connectivity index (χ4v) is 10.3. The van der Waals surface area contributed by atoms with Crippen LogP contribution in [0.5, 0.6) is 0 Å². The third-order valence-electron chi connectivity index (χ3n) is 15.5. The average Bonchev–Trinajstić information content (AvgIpc) is 3.41. The van der Waals surface area contributed by atoms with E-state index >= 15 is 0 Å². The summed E-state index contributed by atoms with van der Waals surface area (Å²) in [5.41, 5.74) is 0. The number of esters is 1. The Morgan fingerprint density at radius 3 is 1.15 bits per heavy atom. The van der Waals surface area contributed by atoms with Crippen molar-refractivity contribution in [3.05, 3.63) is 36.5 Å². The predicted molar refractivity (Wildman–Crippen MR) is 325 cm³/mol. The normalized spacial score (nSPS) is 13.2. The molecule has 0 fully saturated rings. The molecule has 7 heteroatoms. The smallest absolute Gasteiger partial charge is 0.305 e. The lowest BCUT2D eigenvalue weighted by Gasteiger charge is -2.20. The fraction of sp³-hybridized carbons (Fsp3) is 0.882. The van der Waals surface area contributed by atoms with E-state index in [4.69, 9.17) is 4.74 Å². The van der Waals surface area contributed by atoms with Crippen molar-refractivity contribution < 1.29 is 29.6 Å². The van der Waals surface area contributed by atoms with Gasteiger partial charge in [0.2, 0.25) is 5.91 Å². The molecule has 0 saturated carbocycles. The number of carbonyl (C=O) groups is 2. The largest absolute Gasteiger partial charge is 0.466 e. The SMILES string of the molecule is CCCCC/C=C\C/C=C\CCCCCCCC(=O)OCCCCCCCCCCCCCCCCCCCCCCCCCCCCCCCC(=O)NC(CO)C(O)/C=C/C(O)CCCCCCCCCCCC. The van der Waals surface area contributed by atoms with Gasteiger partial charge in [-0.3, -0.25) is 9.59 Å². The number of hydrogen-bond acceptors (Lipinski definition) is 6. The Balaban J connectivity index is 3.38. The van der Waals surface area contributed by atoms with Crippen LogP contribution in [0.2, 0.25) is 0 Å². The number of nitrogens with one attached hydrogen (secondary N) is 1. The second kappa shape index (κ2) is 62.9. The van der Waals surface area contributed by atoms with Crippen LogP contribution < -0.4 is 5.32 Å². The number of hydrogen-bond donors (Lipinski definition) is 4. The number of unbranched alkanes of at least 4 members (excludes halogenated alkanes) is 45. The number of amides is 1. The third-order valence-corrected chi connectivity index (χ3v) is 15.5. The lowest BCUT2D eigenvalue weighted by Crippen LogP contribution is -2.45. The molecule has 0 rings (SSSR count). The molecule has 3 atom stereocenters. The predicted octanol–water partition coefficient (Wildman–Crippen LogP) is 20.1. The van der Waals surface area contributed by atoms with Crippen LogP contribution in [-0.4, -0.2) is 58.7 Å². The van der Waals surface area contributed by atoms with E-state index in [2.05, 4.69) is 43.5 Å². The van der Waals surface area contributed by atoms with E-state index in [1.165, 1.54) is 269 Å². The number of aliphatic hydroxyl groups is 3. The summed E-state index contributed by atoms with van der Waals surface area (Å²) in [7, 11) is 0. The second-order valence-electron chi connectivity index (χ2n) is 23.0. The summed E-state index contributed by atoms with van der Waals surface area (Å²) in [6.07, 6.45) is 76.6. The maximum Gasteiger partial charge on any atom is 0.305 e. The molecule has 0 bridgehead atoms. The number of carbonyl (C=O) groups excluding carboxylic acids is 2. The maximum atomic E-state index is 12.5. The van der Waals surface area contributed by atoms with Crippen LogP contribution in [0.1, 0.15) is 354 Å². The molecule has 0 aromatic carbocycles. The molecule has 0 radical (unpaired) electrons.